The van der Waals surface area contributed by atoms with Gasteiger partial charge in [-0.3, -0.25) is 19.8 Å². The quantitative estimate of drug-likeness (QED) is 0.0310. The van der Waals surface area contributed by atoms with Crippen LogP contribution in [0.1, 0.15) is 66.1 Å². The summed E-state index contributed by atoms with van der Waals surface area (Å²) in [5, 5.41) is 8.60. The third-order valence-corrected chi connectivity index (χ3v) is 12.3. The van der Waals surface area contributed by atoms with Crippen LogP contribution in [0.4, 0.5) is 14.7 Å². The summed E-state index contributed by atoms with van der Waals surface area (Å²) in [4.78, 5) is 79.7. The van der Waals surface area contributed by atoms with Gasteiger partial charge in [0.15, 0.2) is 23.6 Å². The molecule has 2 aliphatic rings. The van der Waals surface area contributed by atoms with Crippen molar-refractivity contribution in [3.8, 4) is 5.75 Å². The van der Waals surface area contributed by atoms with Gasteiger partial charge in [-0.2, -0.15) is 4.57 Å². The number of thioether (sulfide) groups is 1. The van der Waals surface area contributed by atoms with Crippen LogP contribution >= 0.6 is 34.7 Å². The third kappa shape index (κ3) is 12.1. The Labute approximate surface area is 390 Å². The van der Waals surface area contributed by atoms with Crippen LogP contribution in [0.5, 0.6) is 5.75 Å². The number of ether oxygens (including phenoxy) is 4. The van der Waals surface area contributed by atoms with Crippen LogP contribution in [0.3, 0.4) is 0 Å². The average molecular weight is 955 g/mol. The first kappa shape index (κ1) is 48.6. The minimum absolute atomic E-state index is 0.0291. The van der Waals surface area contributed by atoms with E-state index in [0.717, 1.165) is 22.4 Å². The fraction of sp³-hybridized carbons (Fsp3) is 0.455. The highest BCUT2D eigenvalue weighted by molar-refractivity contribution is 8.00. The number of fused-ring (bicyclic) bond motifs is 2. The minimum atomic E-state index is -1.07. The first-order valence-corrected chi connectivity index (χ1v) is 23.1. The first-order chi connectivity index (χ1) is 30.8. The number of carbonyl (C=O) groups is 5. The van der Waals surface area contributed by atoms with E-state index in [1.54, 1.807) is 71.0 Å². The monoisotopic (exact) mass is 953 g/mol. The number of β-lactam (4-membered cyclic amide) rings is 1. The molecule has 1 aromatic carbocycles. The summed E-state index contributed by atoms with van der Waals surface area (Å²) < 4.78 is 26.1. The second kappa shape index (κ2) is 20.5. The number of benzene rings is 1. The molecule has 348 valence electrons. The largest absolute Gasteiger partial charge is 0.497 e. The number of anilines is 1. The average Bonchev–Trinajstić information content (AvgIpc) is 3.83. The number of carbonyl (C=O) groups excluding carboxylic acids is 5. The molecule has 65 heavy (non-hydrogen) atoms. The van der Waals surface area contributed by atoms with Crippen LogP contribution in [0, 0.1) is 0 Å². The van der Waals surface area contributed by atoms with Gasteiger partial charge in [0, 0.05) is 49.8 Å². The number of pyridine rings is 1. The second-order valence-electron chi connectivity index (χ2n) is 17.0. The maximum Gasteiger partial charge on any atom is 0.413 e. The van der Waals surface area contributed by atoms with E-state index in [9.17, 15) is 24.0 Å². The number of hydrogen-bond acceptors (Lipinski definition) is 14. The second-order valence-corrected chi connectivity index (χ2v) is 19.7. The number of oxime groups is 1. The number of nitrogens with zero attached hydrogens (tertiary/aromatic N) is 6. The molecule has 4 amide bonds. The zero-order chi connectivity index (χ0) is 47.2. The highest BCUT2D eigenvalue weighted by atomic mass is 35.5. The number of nitrogens with one attached hydrogen (secondary N) is 2. The Morgan fingerprint density at radius 3 is 2.45 bits per heavy atom. The molecule has 0 radical (unpaired) electrons. The van der Waals surface area contributed by atoms with Gasteiger partial charge in [-0.15, -0.1) is 11.8 Å². The molecular weight excluding hydrogens is 900 g/mol. The van der Waals surface area contributed by atoms with Gasteiger partial charge >= 0.3 is 18.2 Å². The van der Waals surface area contributed by atoms with E-state index in [1.165, 1.54) is 16.7 Å². The van der Waals surface area contributed by atoms with Gasteiger partial charge in [0.05, 0.1) is 7.11 Å². The van der Waals surface area contributed by atoms with Gasteiger partial charge in [0.2, 0.25) is 5.52 Å². The Morgan fingerprint density at radius 2 is 1.77 bits per heavy atom. The topological polar surface area (TPSA) is 196 Å². The van der Waals surface area contributed by atoms with Gasteiger partial charge in [-0.1, -0.05) is 40.2 Å². The van der Waals surface area contributed by atoms with Crippen LogP contribution < -0.4 is 19.9 Å². The predicted octanol–water partition coefficient (Wildman–Crippen LogP) is 6.49. The summed E-state index contributed by atoms with van der Waals surface area (Å²) in [6.07, 6.45) is 3.41. The molecule has 6 rings (SSSR count). The van der Waals surface area contributed by atoms with Gasteiger partial charge in [-0.05, 0) is 78.6 Å². The highest BCUT2D eigenvalue weighted by Crippen LogP contribution is 2.41. The lowest BCUT2D eigenvalue weighted by atomic mass is 10.0. The molecule has 18 nitrogen and oxygen atoms in total. The van der Waals surface area contributed by atoms with Crippen molar-refractivity contribution < 1.29 is 52.3 Å². The van der Waals surface area contributed by atoms with Gasteiger partial charge < -0.3 is 38.6 Å². The van der Waals surface area contributed by atoms with Crippen molar-refractivity contribution in [2.45, 2.75) is 97.2 Å². The van der Waals surface area contributed by atoms with Crippen LogP contribution in [0.15, 0.2) is 71.3 Å². The summed E-state index contributed by atoms with van der Waals surface area (Å²) in [5.41, 5.74) is 1.53. The van der Waals surface area contributed by atoms with E-state index in [2.05, 4.69) is 25.3 Å². The lowest BCUT2D eigenvalue weighted by Crippen LogP contribution is -2.71. The standard InChI is InChI=1S/C44H53ClN8O10S2/c1-10-61-49-32(31-35(45)65-40(47-31)48-41(57)62-43(2,3)4)36(54)46-33-37(55)53-34(39(56)60-24-26-14-16-28(59-9)17-15-26)27(25-64-38(33)53)23-52-20-11-13-29-30(52)18-22-51(29)21-12-19-50(8)42(58)63-44(5,6)7/h11,13-18,20,22,33,38H,10,12,19,21,23-25H2,1-9H3,(H-,46,47,48,54,57)/p+1/b49-32+. The first-order valence-electron chi connectivity index (χ1n) is 20.8. The summed E-state index contributed by atoms with van der Waals surface area (Å²) in [6, 6.07) is 11.9. The van der Waals surface area contributed by atoms with E-state index in [1.807, 2.05) is 55.9 Å². The molecule has 0 bridgehead atoms. The number of amides is 4. The number of aromatic nitrogens is 3. The van der Waals surface area contributed by atoms with Crippen molar-refractivity contribution >= 4 is 86.5 Å². The molecule has 1 saturated heterocycles. The number of halogens is 1. The lowest BCUT2D eigenvalue weighted by molar-refractivity contribution is -0.663. The normalized spacial score (nSPS) is 16.4. The molecule has 2 N–H and O–H groups in total. The molecule has 0 aliphatic carbocycles. The van der Waals surface area contributed by atoms with Crippen molar-refractivity contribution in [1.29, 1.82) is 0 Å². The Balaban J connectivity index is 1.22. The van der Waals surface area contributed by atoms with Crippen molar-refractivity contribution in [3.63, 3.8) is 0 Å². The number of rotatable bonds is 16. The maximum atomic E-state index is 14.2. The molecule has 0 saturated carbocycles. The molecule has 2 unspecified atom stereocenters. The Hall–Kier alpha value is -5.86. The van der Waals surface area contributed by atoms with E-state index >= 15 is 0 Å². The summed E-state index contributed by atoms with van der Waals surface area (Å²) in [6.45, 7) is 13.7. The van der Waals surface area contributed by atoms with Crippen molar-refractivity contribution in [3.05, 3.63) is 81.7 Å². The molecule has 2 aliphatic heterocycles. The highest BCUT2D eigenvalue weighted by Gasteiger charge is 2.55. The van der Waals surface area contributed by atoms with Crippen molar-refractivity contribution in [2.75, 3.05) is 38.4 Å². The zero-order valence-electron chi connectivity index (χ0n) is 37.8. The maximum absolute atomic E-state index is 14.2. The van der Waals surface area contributed by atoms with E-state index in [-0.39, 0.29) is 52.4 Å². The molecule has 4 aromatic rings. The summed E-state index contributed by atoms with van der Waals surface area (Å²) >= 11 is 8.78. The van der Waals surface area contributed by atoms with Gasteiger partial charge in [0.1, 0.15) is 62.8 Å². The smallest absolute Gasteiger partial charge is 0.413 e. The van der Waals surface area contributed by atoms with E-state index in [4.69, 9.17) is 35.4 Å². The number of esters is 1. The van der Waals surface area contributed by atoms with Crippen LogP contribution in [-0.2, 0) is 53.1 Å². The zero-order valence-corrected chi connectivity index (χ0v) is 40.1. The Bertz CT molecular complexity index is 2490. The summed E-state index contributed by atoms with van der Waals surface area (Å²) in [5.74, 6) is -1.07. The lowest BCUT2D eigenvalue weighted by Gasteiger charge is -2.49. The molecule has 3 aromatic heterocycles. The van der Waals surface area contributed by atoms with Crippen LogP contribution in [0.2, 0.25) is 4.34 Å². The SMILES string of the molecule is CCO/N=C(/C(=O)NC1C(=O)N2C(C(=O)OCc3ccc(OC)cc3)=C(C[n+]3cccc4c3ccn4CCCN(C)C(=O)OC(C)(C)C)CSC12)c1nc(NC(=O)OC(C)(C)C)sc1Cl. The Morgan fingerprint density at radius 1 is 1.05 bits per heavy atom. The third-order valence-electron chi connectivity index (χ3n) is 9.75. The molecule has 21 heteroatoms. The molecule has 2 atom stereocenters. The number of hydrogen-bond donors (Lipinski definition) is 2. The van der Waals surface area contributed by atoms with Crippen LogP contribution in [-0.4, -0.2) is 111 Å². The number of thiazole rings is 1. The Kier molecular flexibility index (Phi) is 15.4. The van der Waals surface area contributed by atoms with E-state index < -0.39 is 46.5 Å². The fourth-order valence-corrected chi connectivity index (χ4v) is 9.19. The number of aryl methyl sites for hydroxylation is 1. The van der Waals surface area contributed by atoms with Gasteiger partial charge in [-0.25, -0.2) is 19.4 Å². The fourth-order valence-electron chi connectivity index (χ4n) is 6.82. The van der Waals surface area contributed by atoms with Gasteiger partial charge in [0.25, 0.3) is 11.8 Å². The molecule has 1 fully saturated rings. The van der Waals surface area contributed by atoms with Crippen molar-refractivity contribution in [1.82, 2.24) is 24.7 Å². The number of methoxy groups -OCH3 is 1. The van der Waals surface area contributed by atoms with Crippen LogP contribution in [0.25, 0.3) is 11.0 Å². The summed E-state index contributed by atoms with van der Waals surface area (Å²) in [7, 11) is 3.27. The minimum Gasteiger partial charge on any atom is -0.497 e. The predicted molar refractivity (Wildman–Crippen MR) is 246 cm³/mol. The van der Waals surface area contributed by atoms with Crippen molar-refractivity contribution in [2.24, 2.45) is 5.16 Å². The molecule has 5 heterocycles. The molecular formula is C44H54ClN8O10S2+. The van der Waals surface area contributed by atoms with E-state index in [0.29, 0.717) is 42.1 Å². The molecule has 0 spiro atoms.